The van der Waals surface area contributed by atoms with Crippen LogP contribution < -0.4 is 0 Å². The molecule has 0 radical (unpaired) electrons. The van der Waals surface area contributed by atoms with Gasteiger partial charge in [-0.2, -0.15) is 4.31 Å². The molecular weight excluding hydrogens is 274 g/mol. The van der Waals surface area contributed by atoms with E-state index in [1.807, 2.05) is 0 Å². The molecular formula is C7H18O8P2. The normalized spacial score (nSPS) is 22.5. The molecule has 0 aliphatic rings. The van der Waals surface area contributed by atoms with Crippen molar-refractivity contribution in [3.8, 4) is 0 Å². The summed E-state index contributed by atoms with van der Waals surface area (Å²) in [7, 11) is -9.28. The minimum Gasteiger partial charge on any atom is -0.393 e. The fraction of sp³-hybridized carbons (Fsp3) is 1.00. The topological polar surface area (TPSA) is 123 Å². The third-order valence-electron chi connectivity index (χ3n) is 1.82. The molecule has 8 nitrogen and oxygen atoms in total. The van der Waals surface area contributed by atoms with Gasteiger partial charge in [-0.1, -0.05) is 6.92 Å². The van der Waals surface area contributed by atoms with Crippen molar-refractivity contribution in [3.63, 3.8) is 0 Å². The van der Waals surface area contributed by atoms with Crippen LogP contribution in [-0.2, 0) is 22.5 Å². The average Bonchev–Trinajstić information content (AvgIpc) is 2.11. The maximum Gasteiger partial charge on any atom is 0.481 e. The minimum atomic E-state index is -4.69. The van der Waals surface area contributed by atoms with Crippen molar-refractivity contribution in [1.29, 1.82) is 0 Å². The van der Waals surface area contributed by atoms with Gasteiger partial charge in [0, 0.05) is 5.92 Å². The number of hydrogen-bond acceptors (Lipinski definition) is 6. The van der Waals surface area contributed by atoms with E-state index in [0.29, 0.717) is 0 Å². The van der Waals surface area contributed by atoms with Crippen LogP contribution in [0.4, 0.5) is 0 Å². The van der Waals surface area contributed by atoms with E-state index in [1.54, 1.807) is 6.92 Å². The largest absolute Gasteiger partial charge is 0.481 e. The van der Waals surface area contributed by atoms with Crippen LogP contribution in [0.5, 0.6) is 0 Å². The monoisotopic (exact) mass is 292 g/mol. The number of aliphatic hydroxyl groups excluding tert-OH is 1. The second kappa shape index (κ2) is 6.97. The van der Waals surface area contributed by atoms with Gasteiger partial charge in [0.05, 0.1) is 19.3 Å². The summed E-state index contributed by atoms with van der Waals surface area (Å²) in [6, 6.07) is 0. The Bertz CT molecular complexity index is 317. The van der Waals surface area contributed by atoms with Gasteiger partial charge >= 0.3 is 15.6 Å². The molecule has 0 aromatic rings. The number of rotatable bonds is 8. The maximum atomic E-state index is 11.2. The summed E-state index contributed by atoms with van der Waals surface area (Å²) < 4.78 is 35.0. The van der Waals surface area contributed by atoms with Crippen molar-refractivity contribution < 1.29 is 37.4 Å². The van der Waals surface area contributed by atoms with Crippen LogP contribution in [0, 0.1) is 5.92 Å². The second-order valence-corrected chi connectivity index (χ2v) is 6.49. The van der Waals surface area contributed by atoms with Gasteiger partial charge in [0.2, 0.25) is 0 Å². The summed E-state index contributed by atoms with van der Waals surface area (Å²) >= 11 is 0. The first-order valence-electron chi connectivity index (χ1n) is 4.93. The van der Waals surface area contributed by atoms with Gasteiger partial charge in [-0.15, -0.1) is 0 Å². The standard InChI is InChI=1S/C7H18O8P2/c1-4-13-16(9,10)15-17(11,12)14-5-6(2)7(3)8/h6-8H,4-5H2,1-3H3,(H,9,10)(H,11,12). The fourth-order valence-electron chi connectivity index (χ4n) is 0.692. The zero-order chi connectivity index (χ0) is 13.7. The zero-order valence-corrected chi connectivity index (χ0v) is 11.6. The lowest BCUT2D eigenvalue weighted by molar-refractivity contribution is 0.0823. The van der Waals surface area contributed by atoms with Crippen LogP contribution in [0.1, 0.15) is 20.8 Å². The fourth-order valence-corrected chi connectivity index (χ4v) is 2.86. The van der Waals surface area contributed by atoms with Crippen LogP contribution in [-0.4, -0.2) is 34.2 Å². The summed E-state index contributed by atoms with van der Waals surface area (Å²) in [4.78, 5) is 18.1. The molecule has 3 N–H and O–H groups in total. The average molecular weight is 292 g/mol. The van der Waals surface area contributed by atoms with Gasteiger partial charge in [-0.25, -0.2) is 9.13 Å². The van der Waals surface area contributed by atoms with Crippen LogP contribution in [0.15, 0.2) is 0 Å². The lowest BCUT2D eigenvalue weighted by atomic mass is 10.1. The van der Waals surface area contributed by atoms with E-state index < -0.39 is 27.7 Å². The highest BCUT2D eigenvalue weighted by molar-refractivity contribution is 7.61. The van der Waals surface area contributed by atoms with Crippen molar-refractivity contribution in [2.24, 2.45) is 5.92 Å². The molecule has 0 saturated carbocycles. The molecule has 0 saturated heterocycles. The van der Waals surface area contributed by atoms with E-state index in [1.165, 1.54) is 13.8 Å². The summed E-state index contributed by atoms with van der Waals surface area (Å²) in [5.41, 5.74) is 0. The third kappa shape index (κ3) is 8.02. The Morgan fingerprint density at radius 1 is 1.12 bits per heavy atom. The molecule has 0 aliphatic carbocycles. The van der Waals surface area contributed by atoms with E-state index in [0.717, 1.165) is 0 Å². The van der Waals surface area contributed by atoms with E-state index in [9.17, 15) is 9.13 Å². The molecule has 104 valence electrons. The van der Waals surface area contributed by atoms with E-state index in [2.05, 4.69) is 13.4 Å². The Morgan fingerprint density at radius 2 is 1.59 bits per heavy atom. The molecule has 4 atom stereocenters. The van der Waals surface area contributed by atoms with Crippen molar-refractivity contribution in [2.75, 3.05) is 13.2 Å². The molecule has 0 spiro atoms. The van der Waals surface area contributed by atoms with Gasteiger partial charge in [-0.3, -0.25) is 9.05 Å². The summed E-state index contributed by atoms with van der Waals surface area (Å²) in [6.07, 6.45) is -0.747. The lowest BCUT2D eigenvalue weighted by Crippen LogP contribution is -2.18. The van der Waals surface area contributed by atoms with Gasteiger partial charge < -0.3 is 14.9 Å². The van der Waals surface area contributed by atoms with Crippen LogP contribution in [0.2, 0.25) is 0 Å². The highest BCUT2D eigenvalue weighted by Gasteiger charge is 2.35. The van der Waals surface area contributed by atoms with Gasteiger partial charge in [0.25, 0.3) is 0 Å². The van der Waals surface area contributed by atoms with Crippen molar-refractivity contribution >= 4 is 15.6 Å². The molecule has 4 unspecified atom stereocenters. The first kappa shape index (κ1) is 17.2. The van der Waals surface area contributed by atoms with Crippen LogP contribution >= 0.6 is 15.6 Å². The molecule has 17 heavy (non-hydrogen) atoms. The Labute approximate surface area is 99.8 Å². The number of aliphatic hydroxyl groups is 1. The highest BCUT2D eigenvalue weighted by atomic mass is 31.3. The predicted molar refractivity (Wildman–Crippen MR) is 59.2 cm³/mol. The Hall–Kier alpha value is 0.220. The molecule has 0 fully saturated rings. The summed E-state index contributed by atoms with van der Waals surface area (Å²) in [5, 5.41) is 9.11. The van der Waals surface area contributed by atoms with Gasteiger partial charge in [-0.05, 0) is 13.8 Å². The Balaban J connectivity index is 4.30. The lowest BCUT2D eigenvalue weighted by Gasteiger charge is -2.18. The van der Waals surface area contributed by atoms with E-state index in [4.69, 9.17) is 14.9 Å². The van der Waals surface area contributed by atoms with Crippen molar-refractivity contribution in [1.82, 2.24) is 0 Å². The minimum absolute atomic E-state index is 0.155. The molecule has 0 bridgehead atoms. The van der Waals surface area contributed by atoms with Crippen molar-refractivity contribution in [3.05, 3.63) is 0 Å². The Kier molecular flexibility index (Phi) is 7.06. The maximum absolute atomic E-state index is 11.2. The number of hydrogen-bond donors (Lipinski definition) is 3. The van der Waals surface area contributed by atoms with E-state index in [-0.39, 0.29) is 13.2 Å². The number of phosphoric acid groups is 2. The van der Waals surface area contributed by atoms with Crippen LogP contribution in [0.25, 0.3) is 0 Å². The predicted octanol–water partition coefficient (Wildman–Crippen LogP) is 1.27. The molecule has 0 amide bonds. The summed E-state index contributed by atoms with van der Waals surface area (Å²) in [6.45, 7) is 4.03. The smallest absolute Gasteiger partial charge is 0.393 e. The molecule has 0 aliphatic heterocycles. The summed E-state index contributed by atoms with van der Waals surface area (Å²) in [5.74, 6) is -0.427. The van der Waals surface area contributed by atoms with Crippen LogP contribution in [0.3, 0.4) is 0 Å². The molecule has 10 heteroatoms. The molecule has 0 rings (SSSR count). The first-order valence-corrected chi connectivity index (χ1v) is 7.93. The van der Waals surface area contributed by atoms with Crippen molar-refractivity contribution in [2.45, 2.75) is 26.9 Å². The first-order chi connectivity index (χ1) is 7.59. The van der Waals surface area contributed by atoms with E-state index >= 15 is 0 Å². The highest BCUT2D eigenvalue weighted by Crippen LogP contribution is 2.60. The quantitative estimate of drug-likeness (QED) is 0.572. The molecule has 0 heterocycles. The zero-order valence-electron chi connectivity index (χ0n) is 9.85. The SMILES string of the molecule is CCOP(=O)(O)OP(=O)(O)OCC(C)C(C)O. The van der Waals surface area contributed by atoms with Gasteiger partial charge in [0.1, 0.15) is 0 Å². The Morgan fingerprint density at radius 3 is 2.00 bits per heavy atom. The van der Waals surface area contributed by atoms with Gasteiger partial charge in [0.15, 0.2) is 0 Å². The second-order valence-electron chi connectivity index (χ2n) is 3.45. The number of phosphoric ester groups is 2. The molecule has 0 aromatic heterocycles. The third-order valence-corrected chi connectivity index (χ3v) is 4.53. The molecule has 0 aromatic carbocycles.